The van der Waals surface area contributed by atoms with Gasteiger partial charge in [0.2, 0.25) is 0 Å². The maximum Gasteiger partial charge on any atom is 0.134 e. The Balaban J connectivity index is 2.64. The average molecular weight is 214 g/mol. The van der Waals surface area contributed by atoms with Gasteiger partial charge in [-0.2, -0.15) is 0 Å². The fourth-order valence-corrected chi connectivity index (χ4v) is 1.36. The van der Waals surface area contributed by atoms with Gasteiger partial charge >= 0.3 is 0 Å². The summed E-state index contributed by atoms with van der Waals surface area (Å²) in [5, 5.41) is 0.492. The average Bonchev–Trinajstić information content (AvgIpc) is 2.17. The zero-order valence-corrected chi connectivity index (χ0v) is 9.62. The summed E-state index contributed by atoms with van der Waals surface area (Å²) in [6, 6.07) is 1.78. The van der Waals surface area contributed by atoms with E-state index in [1.54, 1.807) is 6.07 Å². The van der Waals surface area contributed by atoms with E-state index in [-0.39, 0.29) is 0 Å². The minimum Gasteiger partial charge on any atom is -0.359 e. The molecule has 1 unspecified atom stereocenters. The molecule has 0 saturated heterocycles. The first kappa shape index (κ1) is 11.2. The molecule has 3 nitrogen and oxygen atoms in total. The predicted molar refractivity (Wildman–Crippen MR) is 59.8 cm³/mol. The summed E-state index contributed by atoms with van der Waals surface area (Å²) in [5.74, 6) is 1.54. The zero-order valence-electron chi connectivity index (χ0n) is 8.87. The molecule has 1 aromatic rings. The fraction of sp³-hybridized carbons (Fsp3) is 0.600. The van der Waals surface area contributed by atoms with E-state index in [9.17, 15) is 0 Å². The monoisotopic (exact) mass is 213 g/mol. The highest BCUT2D eigenvalue weighted by molar-refractivity contribution is 6.29. The Kier molecular flexibility index (Phi) is 4.14. The molecule has 1 aromatic heterocycles. The van der Waals surface area contributed by atoms with Crippen LogP contribution in [0.25, 0.3) is 0 Å². The van der Waals surface area contributed by atoms with Gasteiger partial charge in [-0.3, -0.25) is 0 Å². The van der Waals surface area contributed by atoms with Crippen molar-refractivity contribution in [3.63, 3.8) is 0 Å². The zero-order chi connectivity index (χ0) is 10.6. The molecule has 0 aliphatic rings. The Hall–Kier alpha value is -0.830. The predicted octanol–water partition coefficient (Wildman–Crippen LogP) is 2.61. The van der Waals surface area contributed by atoms with E-state index in [4.69, 9.17) is 11.6 Å². The first-order valence-corrected chi connectivity index (χ1v) is 5.20. The molecule has 1 rings (SSSR count). The number of hydrogen-bond donors (Lipinski definition) is 0. The summed E-state index contributed by atoms with van der Waals surface area (Å²) in [6.07, 6.45) is 2.66. The van der Waals surface area contributed by atoms with E-state index in [1.807, 2.05) is 7.05 Å². The molecule has 0 radical (unpaired) electrons. The van der Waals surface area contributed by atoms with Gasteiger partial charge in [0.1, 0.15) is 17.3 Å². The van der Waals surface area contributed by atoms with E-state index < -0.39 is 0 Å². The SMILES string of the molecule is CCC(C)CN(C)c1cc(Cl)ncn1. The summed E-state index contributed by atoms with van der Waals surface area (Å²) in [5.41, 5.74) is 0. The third-order valence-corrected chi connectivity index (χ3v) is 2.50. The van der Waals surface area contributed by atoms with Gasteiger partial charge < -0.3 is 4.90 Å². The summed E-state index contributed by atoms with van der Waals surface area (Å²) in [4.78, 5) is 10.1. The molecular weight excluding hydrogens is 198 g/mol. The lowest BCUT2D eigenvalue weighted by Gasteiger charge is -2.21. The number of hydrogen-bond acceptors (Lipinski definition) is 3. The second-order valence-corrected chi connectivity index (χ2v) is 3.98. The van der Waals surface area contributed by atoms with Gasteiger partial charge in [0.15, 0.2) is 0 Å². The van der Waals surface area contributed by atoms with Gasteiger partial charge in [-0.1, -0.05) is 31.9 Å². The fourth-order valence-electron chi connectivity index (χ4n) is 1.22. The van der Waals surface area contributed by atoms with Crippen molar-refractivity contribution in [2.45, 2.75) is 20.3 Å². The quantitative estimate of drug-likeness (QED) is 0.720. The number of nitrogens with zero attached hydrogens (tertiary/aromatic N) is 3. The third kappa shape index (κ3) is 3.14. The van der Waals surface area contributed by atoms with Crippen LogP contribution < -0.4 is 4.90 Å². The molecule has 0 amide bonds. The van der Waals surface area contributed by atoms with Crippen molar-refractivity contribution in [1.29, 1.82) is 0 Å². The first-order valence-electron chi connectivity index (χ1n) is 4.82. The van der Waals surface area contributed by atoms with Crippen LogP contribution in [-0.2, 0) is 0 Å². The molecule has 0 bridgehead atoms. The highest BCUT2D eigenvalue weighted by Gasteiger charge is 2.06. The van der Waals surface area contributed by atoms with Crippen LogP contribution in [0, 0.1) is 5.92 Å². The van der Waals surface area contributed by atoms with Crippen molar-refractivity contribution in [2.75, 3.05) is 18.5 Å². The van der Waals surface area contributed by atoms with Crippen LogP contribution in [0.3, 0.4) is 0 Å². The maximum absolute atomic E-state index is 5.78. The van der Waals surface area contributed by atoms with Crippen LogP contribution in [0.15, 0.2) is 12.4 Å². The maximum atomic E-state index is 5.78. The second kappa shape index (κ2) is 5.15. The molecule has 14 heavy (non-hydrogen) atoms. The van der Waals surface area contributed by atoms with E-state index in [2.05, 4.69) is 28.7 Å². The van der Waals surface area contributed by atoms with Crippen molar-refractivity contribution in [2.24, 2.45) is 5.92 Å². The number of aromatic nitrogens is 2. The number of anilines is 1. The van der Waals surface area contributed by atoms with Crippen LogP contribution in [0.4, 0.5) is 5.82 Å². The van der Waals surface area contributed by atoms with Gasteiger partial charge in [-0.05, 0) is 5.92 Å². The van der Waals surface area contributed by atoms with Crippen molar-refractivity contribution in [1.82, 2.24) is 9.97 Å². The third-order valence-electron chi connectivity index (χ3n) is 2.29. The second-order valence-electron chi connectivity index (χ2n) is 3.59. The van der Waals surface area contributed by atoms with Crippen LogP contribution in [-0.4, -0.2) is 23.6 Å². The van der Waals surface area contributed by atoms with Crippen LogP contribution >= 0.6 is 11.6 Å². The Morgan fingerprint density at radius 1 is 1.50 bits per heavy atom. The lowest BCUT2D eigenvalue weighted by atomic mass is 10.1. The van der Waals surface area contributed by atoms with Crippen LogP contribution in [0.5, 0.6) is 0 Å². The summed E-state index contributed by atoms with van der Waals surface area (Å²) in [6.45, 7) is 5.40. The Morgan fingerprint density at radius 3 is 2.79 bits per heavy atom. The molecule has 1 heterocycles. The smallest absolute Gasteiger partial charge is 0.134 e. The molecule has 0 aliphatic heterocycles. The summed E-state index contributed by atoms with van der Waals surface area (Å²) < 4.78 is 0. The Bertz CT molecular complexity index is 290. The van der Waals surface area contributed by atoms with Gasteiger partial charge in [-0.15, -0.1) is 0 Å². The molecule has 0 aromatic carbocycles. The van der Waals surface area contributed by atoms with E-state index in [1.165, 1.54) is 12.7 Å². The minimum atomic E-state index is 0.492. The Morgan fingerprint density at radius 2 is 2.21 bits per heavy atom. The molecule has 0 N–H and O–H groups in total. The van der Waals surface area contributed by atoms with Crippen LogP contribution in [0.2, 0.25) is 5.15 Å². The lowest BCUT2D eigenvalue weighted by Crippen LogP contribution is -2.24. The van der Waals surface area contributed by atoms with Gasteiger partial charge in [0.05, 0.1) is 0 Å². The molecule has 0 fully saturated rings. The summed E-state index contributed by atoms with van der Waals surface area (Å²) >= 11 is 5.78. The topological polar surface area (TPSA) is 29.0 Å². The highest BCUT2D eigenvalue weighted by Crippen LogP contribution is 2.14. The Labute approximate surface area is 90.1 Å². The van der Waals surface area contributed by atoms with Crippen LogP contribution in [0.1, 0.15) is 20.3 Å². The molecule has 78 valence electrons. The standard InChI is InChI=1S/C10H16ClN3/c1-4-8(2)6-14(3)10-5-9(11)12-7-13-10/h5,7-8H,4,6H2,1-3H3. The van der Waals surface area contributed by atoms with Crippen molar-refractivity contribution < 1.29 is 0 Å². The molecule has 4 heteroatoms. The molecule has 0 aliphatic carbocycles. The van der Waals surface area contributed by atoms with Gasteiger partial charge in [-0.25, -0.2) is 9.97 Å². The van der Waals surface area contributed by atoms with Crippen molar-refractivity contribution in [3.05, 3.63) is 17.5 Å². The normalized spacial score (nSPS) is 12.6. The highest BCUT2D eigenvalue weighted by atomic mass is 35.5. The number of rotatable bonds is 4. The molecular formula is C10H16ClN3. The molecule has 0 spiro atoms. The molecule has 1 atom stereocenters. The molecule has 0 saturated carbocycles. The first-order chi connectivity index (χ1) is 6.63. The minimum absolute atomic E-state index is 0.492. The van der Waals surface area contributed by atoms with Crippen molar-refractivity contribution in [3.8, 4) is 0 Å². The van der Waals surface area contributed by atoms with E-state index in [0.717, 1.165) is 12.4 Å². The van der Waals surface area contributed by atoms with Gasteiger partial charge in [0.25, 0.3) is 0 Å². The number of halogens is 1. The van der Waals surface area contributed by atoms with E-state index >= 15 is 0 Å². The van der Waals surface area contributed by atoms with Gasteiger partial charge in [0, 0.05) is 19.7 Å². The van der Waals surface area contributed by atoms with Crippen molar-refractivity contribution >= 4 is 17.4 Å². The summed E-state index contributed by atoms with van der Waals surface area (Å²) in [7, 11) is 2.02. The largest absolute Gasteiger partial charge is 0.359 e. The van der Waals surface area contributed by atoms with E-state index in [0.29, 0.717) is 11.1 Å². The lowest BCUT2D eigenvalue weighted by molar-refractivity contribution is 0.557.